The van der Waals surface area contributed by atoms with Crippen LogP contribution >= 0.6 is 0 Å². The summed E-state index contributed by atoms with van der Waals surface area (Å²) in [5, 5.41) is 5.82. The van der Waals surface area contributed by atoms with E-state index in [0.717, 1.165) is 50.9 Å². The summed E-state index contributed by atoms with van der Waals surface area (Å²) >= 11 is 0. The minimum Gasteiger partial charge on any atom is -0.446 e. The molecule has 5 rings (SSSR count). The van der Waals surface area contributed by atoms with Crippen LogP contribution in [-0.4, -0.2) is 61.3 Å². The van der Waals surface area contributed by atoms with E-state index < -0.39 is 11.8 Å². The zero-order valence-electron chi connectivity index (χ0n) is 24.6. The number of anilines is 2. The molecule has 0 bridgehead atoms. The molecule has 2 aromatic carbocycles. The van der Waals surface area contributed by atoms with Gasteiger partial charge in [-0.3, -0.25) is 19.2 Å². The second-order valence-corrected chi connectivity index (χ2v) is 11.4. The van der Waals surface area contributed by atoms with Gasteiger partial charge in [0.15, 0.2) is 11.5 Å². The number of primary amides is 1. The number of nitrogens with one attached hydrogen (secondary N) is 2. The maximum Gasteiger partial charge on any atom is 0.291 e. The summed E-state index contributed by atoms with van der Waals surface area (Å²) < 4.78 is 5.33. The monoisotopic (exact) mass is 585 g/mol. The molecule has 0 spiro atoms. The van der Waals surface area contributed by atoms with E-state index in [-0.39, 0.29) is 23.3 Å². The molecule has 0 unspecified atom stereocenters. The summed E-state index contributed by atoms with van der Waals surface area (Å²) in [6, 6.07) is 16.6. The average molecular weight is 586 g/mol. The Morgan fingerprint density at radius 1 is 0.977 bits per heavy atom. The largest absolute Gasteiger partial charge is 0.446 e. The number of amides is 4. The van der Waals surface area contributed by atoms with Crippen molar-refractivity contribution in [3.8, 4) is 0 Å². The highest BCUT2D eigenvalue weighted by atomic mass is 16.4. The third-order valence-corrected chi connectivity index (χ3v) is 8.33. The van der Waals surface area contributed by atoms with Crippen molar-refractivity contribution in [1.29, 1.82) is 0 Å². The van der Waals surface area contributed by atoms with Crippen LogP contribution in [0.4, 0.5) is 11.4 Å². The van der Waals surface area contributed by atoms with Crippen LogP contribution in [0.3, 0.4) is 0 Å². The van der Waals surface area contributed by atoms with Crippen LogP contribution < -0.4 is 21.3 Å². The number of carbonyl (C=O) groups excluding carboxylic acids is 4. The van der Waals surface area contributed by atoms with E-state index in [1.807, 2.05) is 11.0 Å². The Morgan fingerprint density at radius 3 is 2.44 bits per heavy atom. The van der Waals surface area contributed by atoms with E-state index in [1.165, 1.54) is 23.4 Å². The van der Waals surface area contributed by atoms with Gasteiger partial charge in [0.25, 0.3) is 17.7 Å². The predicted molar refractivity (Wildman–Crippen MR) is 164 cm³/mol. The molecule has 1 aromatic heterocycles. The van der Waals surface area contributed by atoms with E-state index in [4.69, 9.17) is 10.2 Å². The number of para-hydroxylation sites is 1. The maximum absolute atomic E-state index is 13.1. The van der Waals surface area contributed by atoms with E-state index in [2.05, 4.69) is 46.7 Å². The van der Waals surface area contributed by atoms with Gasteiger partial charge in [-0.2, -0.15) is 0 Å². The first-order valence-electron chi connectivity index (χ1n) is 15.0. The van der Waals surface area contributed by atoms with E-state index in [0.29, 0.717) is 43.1 Å². The molecule has 3 aromatic rings. The van der Waals surface area contributed by atoms with Crippen molar-refractivity contribution in [3.05, 3.63) is 82.8 Å². The maximum atomic E-state index is 13.1. The summed E-state index contributed by atoms with van der Waals surface area (Å²) in [5.74, 6) is -1.11. The lowest BCUT2D eigenvalue weighted by Crippen LogP contribution is -2.34. The zero-order valence-corrected chi connectivity index (χ0v) is 24.6. The smallest absolute Gasteiger partial charge is 0.291 e. The quantitative estimate of drug-likeness (QED) is 0.289. The summed E-state index contributed by atoms with van der Waals surface area (Å²) in [7, 11) is 0. The van der Waals surface area contributed by atoms with Crippen LogP contribution in [0.1, 0.15) is 74.7 Å². The van der Waals surface area contributed by atoms with Crippen LogP contribution in [0.5, 0.6) is 0 Å². The van der Waals surface area contributed by atoms with Crippen molar-refractivity contribution in [3.63, 3.8) is 0 Å². The first kappa shape index (κ1) is 29.9. The predicted octanol–water partition coefficient (Wildman–Crippen LogP) is 4.14. The molecule has 0 aliphatic carbocycles. The number of carbonyl (C=O) groups is 4. The van der Waals surface area contributed by atoms with Crippen molar-refractivity contribution in [1.82, 2.24) is 10.2 Å². The van der Waals surface area contributed by atoms with Gasteiger partial charge in [0, 0.05) is 56.1 Å². The molecule has 2 fully saturated rings. The molecule has 0 saturated carbocycles. The number of furan rings is 1. The summed E-state index contributed by atoms with van der Waals surface area (Å²) in [6.07, 6.45) is 4.91. The number of benzene rings is 2. The number of hydrogen-bond acceptors (Lipinski definition) is 6. The van der Waals surface area contributed by atoms with Gasteiger partial charge in [0.1, 0.15) is 0 Å². The lowest BCUT2D eigenvalue weighted by atomic mass is 9.88. The van der Waals surface area contributed by atoms with Crippen molar-refractivity contribution < 1.29 is 23.6 Å². The van der Waals surface area contributed by atoms with Crippen molar-refractivity contribution in [2.24, 2.45) is 11.7 Å². The highest BCUT2D eigenvalue weighted by Crippen LogP contribution is 2.30. The van der Waals surface area contributed by atoms with Crippen LogP contribution in [0.15, 0.2) is 59.0 Å². The molecular formula is C33H39N5O5. The molecule has 0 radical (unpaired) electrons. The SMILES string of the molecule is Cc1ccccc1N1CCC(Cc2ccc(C(=O)NCCCN3CCCC3=O)cc2NC(=O)c2ccc(C(N)=O)o2)CC1. The van der Waals surface area contributed by atoms with Gasteiger partial charge >= 0.3 is 0 Å². The topological polar surface area (TPSA) is 138 Å². The molecule has 4 N–H and O–H groups in total. The molecule has 2 aliphatic heterocycles. The highest BCUT2D eigenvalue weighted by Gasteiger charge is 2.24. The van der Waals surface area contributed by atoms with Crippen molar-refractivity contribution in [2.75, 3.05) is 42.9 Å². The van der Waals surface area contributed by atoms with Crippen molar-refractivity contribution in [2.45, 2.75) is 45.4 Å². The number of piperidine rings is 1. The normalized spacial score (nSPS) is 15.5. The minimum absolute atomic E-state index is 0.0439. The van der Waals surface area contributed by atoms with Crippen LogP contribution in [0.2, 0.25) is 0 Å². The minimum atomic E-state index is -0.760. The Labute approximate surface area is 251 Å². The number of hydrogen-bond donors (Lipinski definition) is 3. The summed E-state index contributed by atoms with van der Waals surface area (Å²) in [5.41, 5.74) is 9.68. The molecule has 2 saturated heterocycles. The fourth-order valence-electron chi connectivity index (χ4n) is 5.91. The standard InChI is InChI=1S/C33H39N5O5/c1-22-6-2-3-7-27(22)37-18-13-23(14-19-37)20-24-9-10-25(32(41)35-15-5-17-38-16-4-8-30(38)39)21-26(24)36-33(42)29-12-11-28(43-29)31(34)40/h2-3,6-7,9-12,21,23H,4-5,8,13-20H2,1H3,(H2,34,40)(H,35,41)(H,36,42). The number of likely N-dealkylation sites (tertiary alicyclic amines) is 1. The molecular weight excluding hydrogens is 546 g/mol. The highest BCUT2D eigenvalue weighted by molar-refractivity contribution is 6.04. The molecule has 2 aliphatic rings. The summed E-state index contributed by atoms with van der Waals surface area (Å²) in [6.45, 7) is 5.87. The average Bonchev–Trinajstić information content (AvgIpc) is 3.66. The van der Waals surface area contributed by atoms with Gasteiger partial charge < -0.3 is 30.6 Å². The summed E-state index contributed by atoms with van der Waals surface area (Å²) in [4.78, 5) is 53.6. The lowest BCUT2D eigenvalue weighted by molar-refractivity contribution is -0.127. The Morgan fingerprint density at radius 2 is 1.74 bits per heavy atom. The Balaban J connectivity index is 1.26. The Hall–Kier alpha value is -4.60. The van der Waals surface area contributed by atoms with Crippen molar-refractivity contribution >= 4 is 35.0 Å². The third kappa shape index (κ3) is 7.43. The Kier molecular flexibility index (Phi) is 9.44. The van der Waals surface area contributed by atoms with Gasteiger partial charge in [-0.05, 0) is 86.4 Å². The molecule has 226 valence electrons. The molecule has 4 amide bonds. The second kappa shape index (κ2) is 13.6. The zero-order chi connectivity index (χ0) is 30.3. The second-order valence-electron chi connectivity index (χ2n) is 11.4. The number of nitrogens with zero attached hydrogens (tertiary/aromatic N) is 2. The van der Waals surface area contributed by atoms with Crippen LogP contribution in [0, 0.1) is 12.8 Å². The molecule has 0 atom stereocenters. The molecule has 43 heavy (non-hydrogen) atoms. The van der Waals surface area contributed by atoms with Gasteiger partial charge in [-0.25, -0.2) is 0 Å². The number of aryl methyl sites for hydroxylation is 1. The first-order valence-corrected chi connectivity index (χ1v) is 15.0. The van der Waals surface area contributed by atoms with Gasteiger partial charge in [0.05, 0.1) is 0 Å². The molecule has 10 heteroatoms. The van der Waals surface area contributed by atoms with Gasteiger partial charge in [0.2, 0.25) is 5.91 Å². The Bertz CT molecular complexity index is 1490. The molecule has 10 nitrogen and oxygen atoms in total. The van der Waals surface area contributed by atoms with Gasteiger partial charge in [-0.15, -0.1) is 0 Å². The van der Waals surface area contributed by atoms with Gasteiger partial charge in [-0.1, -0.05) is 24.3 Å². The first-order chi connectivity index (χ1) is 20.8. The van der Waals surface area contributed by atoms with E-state index in [9.17, 15) is 19.2 Å². The number of nitrogens with two attached hydrogens (primary N) is 1. The fourth-order valence-corrected chi connectivity index (χ4v) is 5.91. The van der Waals surface area contributed by atoms with E-state index in [1.54, 1.807) is 12.1 Å². The molecule has 3 heterocycles. The van der Waals surface area contributed by atoms with Crippen LogP contribution in [-0.2, 0) is 11.2 Å². The van der Waals surface area contributed by atoms with Crippen LogP contribution in [0.25, 0.3) is 0 Å². The fraction of sp³-hybridized carbons (Fsp3) is 0.394. The lowest BCUT2D eigenvalue weighted by Gasteiger charge is -2.34. The number of rotatable bonds is 11. The van der Waals surface area contributed by atoms with E-state index >= 15 is 0 Å². The third-order valence-electron chi connectivity index (χ3n) is 8.33.